The van der Waals surface area contributed by atoms with Crippen LogP contribution in [0.3, 0.4) is 0 Å². The Hall–Kier alpha value is -2.83. The van der Waals surface area contributed by atoms with Gasteiger partial charge in [0.2, 0.25) is 5.91 Å². The number of carbonyl (C=O) groups excluding carboxylic acids is 3. The van der Waals surface area contributed by atoms with Crippen LogP contribution in [0, 0.1) is 0 Å². The standard InChI is InChI=1S/C26H34N4O3/c31-24(30(19-9-3-1-4-10-19)20-11-5-2-6-12-20)17-29-25(32)23(28-26(29)33)15-18-16-27-22-14-8-7-13-21(18)22/h7-8,13-14,16,19-20,23,27H,1-6,9-12,15,17H2,(H,28,33)/t23-/m1/s1. The van der Waals surface area contributed by atoms with E-state index in [9.17, 15) is 14.4 Å². The highest BCUT2D eigenvalue weighted by molar-refractivity contribution is 6.06. The Morgan fingerprint density at radius 3 is 2.24 bits per heavy atom. The van der Waals surface area contributed by atoms with Crippen molar-refractivity contribution in [2.24, 2.45) is 0 Å². The van der Waals surface area contributed by atoms with Gasteiger partial charge < -0.3 is 15.2 Å². The van der Waals surface area contributed by atoms with E-state index in [4.69, 9.17) is 0 Å². The average molecular weight is 451 g/mol. The van der Waals surface area contributed by atoms with Crippen molar-refractivity contribution in [3.8, 4) is 0 Å². The normalized spacial score (nSPS) is 22.7. The Balaban J connectivity index is 1.29. The molecule has 5 rings (SSSR count). The first-order valence-electron chi connectivity index (χ1n) is 12.6. The smallest absolute Gasteiger partial charge is 0.325 e. The topological polar surface area (TPSA) is 85.5 Å². The number of benzene rings is 1. The second kappa shape index (κ2) is 9.57. The molecule has 7 nitrogen and oxygen atoms in total. The van der Waals surface area contributed by atoms with Crippen molar-refractivity contribution in [1.82, 2.24) is 20.1 Å². The van der Waals surface area contributed by atoms with Crippen molar-refractivity contribution < 1.29 is 14.4 Å². The van der Waals surface area contributed by atoms with E-state index in [-0.39, 0.29) is 30.4 Å². The van der Waals surface area contributed by atoms with Crippen molar-refractivity contribution in [2.75, 3.05) is 6.54 Å². The molecule has 1 aromatic carbocycles. The van der Waals surface area contributed by atoms with Crippen LogP contribution in [0.4, 0.5) is 4.79 Å². The molecule has 3 aliphatic rings. The van der Waals surface area contributed by atoms with Gasteiger partial charge >= 0.3 is 6.03 Å². The monoisotopic (exact) mass is 450 g/mol. The second-order valence-corrected chi connectivity index (χ2v) is 9.87. The molecule has 0 bridgehead atoms. The van der Waals surface area contributed by atoms with Crippen LogP contribution in [0.2, 0.25) is 0 Å². The van der Waals surface area contributed by atoms with E-state index < -0.39 is 12.1 Å². The summed E-state index contributed by atoms with van der Waals surface area (Å²) in [4.78, 5) is 45.8. The summed E-state index contributed by atoms with van der Waals surface area (Å²) in [5.41, 5.74) is 2.00. The quantitative estimate of drug-likeness (QED) is 0.649. The Bertz CT molecular complexity index is 1000. The predicted molar refractivity (Wildman–Crippen MR) is 127 cm³/mol. The molecular formula is C26H34N4O3. The molecule has 2 heterocycles. The molecule has 0 unspecified atom stereocenters. The minimum absolute atomic E-state index is 0.0648. The highest BCUT2D eigenvalue weighted by Crippen LogP contribution is 2.31. The predicted octanol–water partition coefficient (Wildman–Crippen LogP) is 4.12. The Kier molecular flexibility index (Phi) is 6.38. The third-order valence-electron chi connectivity index (χ3n) is 7.72. The summed E-state index contributed by atoms with van der Waals surface area (Å²) in [7, 11) is 0. The molecule has 0 radical (unpaired) electrons. The number of urea groups is 1. The van der Waals surface area contributed by atoms with E-state index in [1.54, 1.807) is 0 Å². The third kappa shape index (κ3) is 4.50. The zero-order valence-electron chi connectivity index (χ0n) is 19.2. The number of fused-ring (bicyclic) bond motifs is 1. The maximum atomic E-state index is 13.5. The van der Waals surface area contributed by atoms with Gasteiger partial charge in [-0.25, -0.2) is 4.79 Å². The van der Waals surface area contributed by atoms with Gasteiger partial charge in [0.1, 0.15) is 12.6 Å². The first-order valence-corrected chi connectivity index (χ1v) is 12.6. The number of H-pyrrole nitrogens is 1. The number of aromatic amines is 1. The zero-order valence-corrected chi connectivity index (χ0v) is 19.2. The molecule has 1 aromatic heterocycles. The summed E-state index contributed by atoms with van der Waals surface area (Å²) in [5.74, 6) is -0.365. The number of nitrogens with zero attached hydrogens (tertiary/aromatic N) is 2. The maximum Gasteiger partial charge on any atom is 0.325 e. The fourth-order valence-electron chi connectivity index (χ4n) is 6.03. The number of carbonyl (C=O) groups is 3. The first-order chi connectivity index (χ1) is 16.1. The molecule has 176 valence electrons. The van der Waals surface area contributed by atoms with Gasteiger partial charge in [-0.15, -0.1) is 0 Å². The molecule has 3 fully saturated rings. The molecule has 2 saturated carbocycles. The van der Waals surface area contributed by atoms with Crippen molar-refractivity contribution >= 4 is 28.7 Å². The van der Waals surface area contributed by atoms with Crippen LogP contribution < -0.4 is 5.32 Å². The van der Waals surface area contributed by atoms with Gasteiger partial charge in [0.05, 0.1) is 0 Å². The molecule has 1 saturated heterocycles. The lowest BCUT2D eigenvalue weighted by Crippen LogP contribution is -2.52. The highest BCUT2D eigenvalue weighted by atomic mass is 16.2. The average Bonchev–Trinajstić information content (AvgIpc) is 3.37. The van der Waals surface area contributed by atoms with E-state index in [2.05, 4.69) is 15.2 Å². The summed E-state index contributed by atoms with van der Waals surface area (Å²) in [5, 5.41) is 3.86. The van der Waals surface area contributed by atoms with Gasteiger partial charge in [-0.05, 0) is 37.3 Å². The van der Waals surface area contributed by atoms with Crippen LogP contribution in [0.1, 0.15) is 69.8 Å². The molecule has 2 aliphatic carbocycles. The van der Waals surface area contributed by atoms with Gasteiger partial charge in [0.15, 0.2) is 0 Å². The maximum absolute atomic E-state index is 13.5. The number of hydrogen-bond acceptors (Lipinski definition) is 3. The third-order valence-corrected chi connectivity index (χ3v) is 7.72. The largest absolute Gasteiger partial charge is 0.361 e. The van der Waals surface area contributed by atoms with Crippen molar-refractivity contribution in [3.05, 3.63) is 36.0 Å². The van der Waals surface area contributed by atoms with E-state index >= 15 is 0 Å². The molecule has 4 amide bonds. The number of rotatable bonds is 6. The van der Waals surface area contributed by atoms with Crippen molar-refractivity contribution in [3.63, 3.8) is 0 Å². The highest BCUT2D eigenvalue weighted by Gasteiger charge is 2.41. The van der Waals surface area contributed by atoms with Crippen LogP contribution in [0.5, 0.6) is 0 Å². The van der Waals surface area contributed by atoms with Crippen LogP contribution in [-0.2, 0) is 16.0 Å². The number of para-hydroxylation sites is 1. The fraction of sp³-hybridized carbons (Fsp3) is 0.577. The van der Waals surface area contributed by atoms with Crippen molar-refractivity contribution in [2.45, 2.75) is 88.8 Å². The molecular weight excluding hydrogens is 416 g/mol. The summed E-state index contributed by atoms with van der Waals surface area (Å²) in [6, 6.07) is 7.33. The van der Waals surface area contributed by atoms with Crippen LogP contribution in [0.15, 0.2) is 30.5 Å². The molecule has 0 spiro atoms. The first kappa shape index (κ1) is 22.0. The molecule has 2 N–H and O–H groups in total. The number of aromatic nitrogens is 1. The lowest BCUT2D eigenvalue weighted by molar-refractivity contribution is -0.142. The molecule has 33 heavy (non-hydrogen) atoms. The van der Waals surface area contributed by atoms with Crippen LogP contribution in [0.25, 0.3) is 10.9 Å². The molecule has 2 aromatic rings. The lowest BCUT2D eigenvalue weighted by atomic mass is 9.88. The van der Waals surface area contributed by atoms with Crippen molar-refractivity contribution in [1.29, 1.82) is 0 Å². The number of hydrogen-bond donors (Lipinski definition) is 2. The Morgan fingerprint density at radius 1 is 0.939 bits per heavy atom. The lowest BCUT2D eigenvalue weighted by Gasteiger charge is -2.42. The minimum Gasteiger partial charge on any atom is -0.361 e. The Morgan fingerprint density at radius 2 is 1.58 bits per heavy atom. The number of amides is 4. The number of imide groups is 1. The SMILES string of the molecule is O=C1N[C@H](Cc2c[nH]c3ccccc23)C(=O)N1CC(=O)N(C1CCCCC1)C1CCCCC1. The van der Waals surface area contributed by atoms with E-state index in [0.29, 0.717) is 6.42 Å². The summed E-state index contributed by atoms with van der Waals surface area (Å²) < 4.78 is 0. The van der Waals surface area contributed by atoms with Gasteiger partial charge in [-0.3, -0.25) is 14.5 Å². The summed E-state index contributed by atoms with van der Waals surface area (Å²) in [6.07, 6.45) is 13.5. The van der Waals surface area contributed by atoms with Gasteiger partial charge in [0, 0.05) is 35.6 Å². The van der Waals surface area contributed by atoms with E-state index in [1.807, 2.05) is 30.5 Å². The summed E-state index contributed by atoms with van der Waals surface area (Å²) >= 11 is 0. The van der Waals surface area contributed by atoms with Crippen LogP contribution >= 0.6 is 0 Å². The van der Waals surface area contributed by atoms with Crippen LogP contribution in [-0.4, -0.2) is 57.3 Å². The Labute approximate surface area is 194 Å². The number of nitrogens with one attached hydrogen (secondary N) is 2. The molecule has 1 atom stereocenters. The second-order valence-electron chi connectivity index (χ2n) is 9.87. The van der Waals surface area contributed by atoms with Gasteiger partial charge in [0.25, 0.3) is 5.91 Å². The summed E-state index contributed by atoms with van der Waals surface area (Å²) in [6.45, 7) is -0.151. The zero-order chi connectivity index (χ0) is 22.8. The molecule has 7 heteroatoms. The minimum atomic E-state index is -0.637. The molecule has 1 aliphatic heterocycles. The van der Waals surface area contributed by atoms with E-state index in [0.717, 1.165) is 72.7 Å². The van der Waals surface area contributed by atoms with Gasteiger partial charge in [-0.2, -0.15) is 0 Å². The van der Waals surface area contributed by atoms with Gasteiger partial charge in [-0.1, -0.05) is 56.7 Å². The van der Waals surface area contributed by atoms with E-state index in [1.165, 1.54) is 12.8 Å². The fourth-order valence-corrected chi connectivity index (χ4v) is 6.03.